The van der Waals surface area contributed by atoms with Crippen LogP contribution in [0.3, 0.4) is 0 Å². The van der Waals surface area contributed by atoms with E-state index in [2.05, 4.69) is 20.8 Å². The highest BCUT2D eigenvalue weighted by molar-refractivity contribution is 5.88. The van der Waals surface area contributed by atoms with Gasteiger partial charge in [-0.25, -0.2) is 4.79 Å². The van der Waals surface area contributed by atoms with Crippen molar-refractivity contribution in [1.29, 1.82) is 0 Å². The maximum absolute atomic E-state index is 11.6. The number of amides is 2. The van der Waals surface area contributed by atoms with Gasteiger partial charge in [0.05, 0.1) is 30.7 Å². The lowest BCUT2D eigenvalue weighted by Gasteiger charge is -2.17. The maximum Gasteiger partial charge on any atom is 0.319 e. The zero-order valence-electron chi connectivity index (χ0n) is 12.3. The maximum atomic E-state index is 11.6. The van der Waals surface area contributed by atoms with Gasteiger partial charge in [-0.05, 0) is 12.5 Å². The number of H-pyrrole nitrogens is 1. The fraction of sp³-hybridized carbons (Fsp3) is 0.333. The predicted octanol–water partition coefficient (Wildman–Crippen LogP) is 1.67. The van der Waals surface area contributed by atoms with Crippen LogP contribution in [0.1, 0.15) is 18.6 Å². The Kier molecular flexibility index (Phi) is 5.93. The molecule has 1 heterocycles. The van der Waals surface area contributed by atoms with Gasteiger partial charge in [0.2, 0.25) is 0 Å². The molecular weight excluding hydrogens is 284 g/mol. The standard InChI is InChI=1S/C15H20N4O3/c1-11(12-5-3-2-4-6-12)22-10-14(20)9-16-15(21)19-13-7-17-18-8-13/h2-8,11,14,20H,9-10H2,1H3,(H,17,18)(H2,16,19,21). The Balaban J connectivity index is 1.65. The smallest absolute Gasteiger partial charge is 0.319 e. The second-order valence-corrected chi connectivity index (χ2v) is 4.86. The summed E-state index contributed by atoms with van der Waals surface area (Å²) < 4.78 is 5.59. The first-order chi connectivity index (χ1) is 10.6. The summed E-state index contributed by atoms with van der Waals surface area (Å²) in [6.45, 7) is 2.16. The molecule has 0 saturated heterocycles. The number of carbonyl (C=O) groups excluding carboxylic acids is 1. The molecule has 0 aliphatic heterocycles. The van der Waals surface area contributed by atoms with E-state index in [1.807, 2.05) is 37.3 Å². The van der Waals surface area contributed by atoms with E-state index in [1.165, 1.54) is 6.20 Å². The molecule has 2 aromatic rings. The van der Waals surface area contributed by atoms with E-state index in [1.54, 1.807) is 6.20 Å². The molecule has 0 aliphatic rings. The third-order valence-electron chi connectivity index (χ3n) is 3.06. The van der Waals surface area contributed by atoms with E-state index in [4.69, 9.17) is 4.74 Å². The van der Waals surface area contributed by atoms with Gasteiger partial charge >= 0.3 is 6.03 Å². The summed E-state index contributed by atoms with van der Waals surface area (Å²) in [5.41, 5.74) is 1.60. The summed E-state index contributed by atoms with van der Waals surface area (Å²) in [4.78, 5) is 11.6. The largest absolute Gasteiger partial charge is 0.389 e. The number of carbonyl (C=O) groups is 1. The first kappa shape index (κ1) is 16.0. The van der Waals surface area contributed by atoms with Gasteiger partial charge in [-0.15, -0.1) is 0 Å². The number of benzene rings is 1. The van der Waals surface area contributed by atoms with E-state index in [0.717, 1.165) is 5.56 Å². The molecule has 0 saturated carbocycles. The van der Waals surface area contributed by atoms with Crippen LogP contribution >= 0.6 is 0 Å². The van der Waals surface area contributed by atoms with E-state index in [0.29, 0.717) is 5.69 Å². The summed E-state index contributed by atoms with van der Waals surface area (Å²) >= 11 is 0. The normalized spacial score (nSPS) is 13.4. The fourth-order valence-electron chi connectivity index (χ4n) is 1.84. The summed E-state index contributed by atoms with van der Waals surface area (Å²) in [6.07, 6.45) is 2.15. The van der Waals surface area contributed by atoms with Crippen molar-refractivity contribution in [2.24, 2.45) is 0 Å². The average molecular weight is 304 g/mol. The number of ether oxygens (including phenoxy) is 1. The van der Waals surface area contributed by atoms with Crippen LogP contribution in [0.25, 0.3) is 0 Å². The van der Waals surface area contributed by atoms with Crippen LogP contribution in [-0.2, 0) is 4.74 Å². The van der Waals surface area contributed by atoms with Gasteiger partial charge < -0.3 is 20.5 Å². The molecule has 22 heavy (non-hydrogen) atoms. The molecule has 7 nitrogen and oxygen atoms in total. The van der Waals surface area contributed by atoms with Gasteiger partial charge in [0, 0.05) is 12.7 Å². The van der Waals surface area contributed by atoms with Gasteiger partial charge in [-0.3, -0.25) is 5.10 Å². The highest BCUT2D eigenvalue weighted by atomic mass is 16.5. The molecular formula is C15H20N4O3. The Labute approximate surface area is 128 Å². The Bertz CT molecular complexity index is 559. The van der Waals surface area contributed by atoms with E-state index in [-0.39, 0.29) is 19.3 Å². The van der Waals surface area contributed by atoms with Crippen molar-refractivity contribution < 1.29 is 14.6 Å². The van der Waals surface area contributed by atoms with Crippen LogP contribution in [-0.4, -0.2) is 40.6 Å². The highest BCUT2D eigenvalue weighted by Crippen LogP contribution is 2.15. The van der Waals surface area contributed by atoms with Crippen LogP contribution in [0.15, 0.2) is 42.7 Å². The molecule has 0 fully saturated rings. The Morgan fingerprint density at radius 1 is 1.41 bits per heavy atom. The molecule has 0 spiro atoms. The van der Waals surface area contributed by atoms with E-state index >= 15 is 0 Å². The highest BCUT2D eigenvalue weighted by Gasteiger charge is 2.11. The number of aliphatic hydroxyl groups is 1. The minimum Gasteiger partial charge on any atom is -0.389 e. The van der Waals surface area contributed by atoms with Crippen molar-refractivity contribution in [1.82, 2.24) is 15.5 Å². The minimum absolute atomic E-state index is 0.102. The average Bonchev–Trinajstić information content (AvgIpc) is 3.04. The number of nitrogens with zero attached hydrogens (tertiary/aromatic N) is 1. The van der Waals surface area contributed by atoms with Crippen molar-refractivity contribution in [3.05, 3.63) is 48.3 Å². The number of nitrogens with one attached hydrogen (secondary N) is 3. The number of urea groups is 1. The number of hydrogen-bond donors (Lipinski definition) is 4. The number of aromatic nitrogens is 2. The number of anilines is 1. The third-order valence-corrected chi connectivity index (χ3v) is 3.06. The molecule has 7 heteroatoms. The van der Waals surface area contributed by atoms with Crippen LogP contribution < -0.4 is 10.6 Å². The molecule has 0 aliphatic carbocycles. The van der Waals surface area contributed by atoms with Crippen LogP contribution in [0.2, 0.25) is 0 Å². The van der Waals surface area contributed by atoms with Crippen LogP contribution in [0.5, 0.6) is 0 Å². The monoisotopic (exact) mass is 304 g/mol. The summed E-state index contributed by atoms with van der Waals surface area (Å²) in [5, 5.41) is 21.3. The number of aromatic amines is 1. The predicted molar refractivity (Wildman–Crippen MR) is 82.4 cm³/mol. The Morgan fingerprint density at radius 2 is 2.18 bits per heavy atom. The number of rotatable bonds is 7. The van der Waals surface area contributed by atoms with Crippen LogP contribution in [0.4, 0.5) is 10.5 Å². The van der Waals surface area contributed by atoms with Crippen molar-refractivity contribution in [2.75, 3.05) is 18.5 Å². The zero-order chi connectivity index (χ0) is 15.8. The van der Waals surface area contributed by atoms with Crippen molar-refractivity contribution in [2.45, 2.75) is 19.1 Å². The molecule has 0 bridgehead atoms. The topological polar surface area (TPSA) is 99.3 Å². The molecule has 0 radical (unpaired) electrons. The summed E-state index contributed by atoms with van der Waals surface area (Å²) in [5.74, 6) is 0. The minimum atomic E-state index is -0.777. The number of aliphatic hydroxyl groups excluding tert-OH is 1. The molecule has 1 aromatic heterocycles. The Hall–Kier alpha value is -2.38. The van der Waals surface area contributed by atoms with Gasteiger partial charge in [0.25, 0.3) is 0 Å². The lowest BCUT2D eigenvalue weighted by atomic mass is 10.1. The second kappa shape index (κ2) is 8.16. The van der Waals surface area contributed by atoms with Gasteiger partial charge in [-0.1, -0.05) is 30.3 Å². The van der Waals surface area contributed by atoms with Crippen LogP contribution in [0, 0.1) is 0 Å². The number of hydrogen-bond acceptors (Lipinski definition) is 4. The summed E-state index contributed by atoms with van der Waals surface area (Å²) in [7, 11) is 0. The van der Waals surface area contributed by atoms with E-state index < -0.39 is 12.1 Å². The van der Waals surface area contributed by atoms with Crippen molar-refractivity contribution in [3.8, 4) is 0 Å². The molecule has 2 atom stereocenters. The molecule has 1 aromatic carbocycles. The molecule has 2 rings (SSSR count). The lowest BCUT2D eigenvalue weighted by Crippen LogP contribution is -2.37. The zero-order valence-corrected chi connectivity index (χ0v) is 12.3. The first-order valence-electron chi connectivity index (χ1n) is 7.03. The second-order valence-electron chi connectivity index (χ2n) is 4.86. The molecule has 2 amide bonds. The fourth-order valence-corrected chi connectivity index (χ4v) is 1.84. The lowest BCUT2D eigenvalue weighted by molar-refractivity contribution is -0.000953. The SMILES string of the molecule is CC(OCC(O)CNC(=O)Nc1cn[nH]c1)c1ccccc1. The quantitative estimate of drug-likeness (QED) is 0.625. The molecule has 4 N–H and O–H groups in total. The molecule has 2 unspecified atom stereocenters. The van der Waals surface area contributed by atoms with E-state index in [9.17, 15) is 9.90 Å². The molecule has 118 valence electrons. The summed E-state index contributed by atoms with van der Waals surface area (Å²) in [6, 6.07) is 9.34. The van der Waals surface area contributed by atoms with Gasteiger partial charge in [0.1, 0.15) is 0 Å². The van der Waals surface area contributed by atoms with Crippen molar-refractivity contribution >= 4 is 11.7 Å². The third kappa shape index (κ3) is 5.19. The van der Waals surface area contributed by atoms with Crippen molar-refractivity contribution in [3.63, 3.8) is 0 Å². The first-order valence-corrected chi connectivity index (χ1v) is 7.03. The Morgan fingerprint density at radius 3 is 2.86 bits per heavy atom. The van der Waals surface area contributed by atoms with Gasteiger partial charge in [0.15, 0.2) is 0 Å². The van der Waals surface area contributed by atoms with Gasteiger partial charge in [-0.2, -0.15) is 5.10 Å².